The molecule has 0 bridgehead atoms. The van der Waals surface area contributed by atoms with Gasteiger partial charge in [0.05, 0.1) is 11.3 Å². The average molecular weight is 443 g/mol. The molecule has 0 radical (unpaired) electrons. The van der Waals surface area contributed by atoms with E-state index in [0.717, 1.165) is 28.4 Å². The van der Waals surface area contributed by atoms with Gasteiger partial charge in [-0.2, -0.15) is 0 Å². The van der Waals surface area contributed by atoms with Gasteiger partial charge in [0, 0.05) is 22.7 Å². The molecule has 0 amide bonds. The smallest absolute Gasteiger partial charge is 0.211 e. The van der Waals surface area contributed by atoms with Crippen molar-refractivity contribution in [1.82, 2.24) is 4.31 Å². The minimum Gasteiger partial charge on any atom is -0.324 e. The van der Waals surface area contributed by atoms with E-state index in [1.807, 2.05) is 18.2 Å². The standard InChI is InChI=1S/C14H20ClIN2O2S/c1-21(19,20)18-6-2-3-10(9-18)7-14(17)11-4-5-13(16)12(15)8-11/h4-5,8,10,14H,2-3,6-7,9,17H2,1H3. The van der Waals surface area contributed by atoms with Crippen LogP contribution in [-0.2, 0) is 10.0 Å². The maximum absolute atomic E-state index is 11.6. The van der Waals surface area contributed by atoms with E-state index in [0.29, 0.717) is 24.0 Å². The van der Waals surface area contributed by atoms with Gasteiger partial charge in [-0.25, -0.2) is 12.7 Å². The number of piperidine rings is 1. The molecular weight excluding hydrogens is 423 g/mol. The van der Waals surface area contributed by atoms with Crippen molar-refractivity contribution in [1.29, 1.82) is 0 Å². The molecule has 1 aromatic rings. The van der Waals surface area contributed by atoms with Crippen LogP contribution < -0.4 is 5.73 Å². The van der Waals surface area contributed by atoms with Crippen LogP contribution in [0.3, 0.4) is 0 Å². The van der Waals surface area contributed by atoms with E-state index in [9.17, 15) is 8.42 Å². The molecule has 0 saturated carbocycles. The summed E-state index contributed by atoms with van der Waals surface area (Å²) >= 11 is 8.32. The topological polar surface area (TPSA) is 63.4 Å². The monoisotopic (exact) mass is 442 g/mol. The first-order valence-corrected chi connectivity index (χ1v) is 10.2. The van der Waals surface area contributed by atoms with Crippen LogP contribution in [0.15, 0.2) is 18.2 Å². The van der Waals surface area contributed by atoms with Crippen LogP contribution in [-0.4, -0.2) is 32.1 Å². The molecule has 4 nitrogen and oxygen atoms in total. The van der Waals surface area contributed by atoms with Crippen LogP contribution >= 0.6 is 34.2 Å². The van der Waals surface area contributed by atoms with Gasteiger partial charge in [0.1, 0.15) is 0 Å². The maximum atomic E-state index is 11.6. The number of hydrogen-bond acceptors (Lipinski definition) is 3. The summed E-state index contributed by atoms with van der Waals surface area (Å²) < 4.78 is 25.9. The summed E-state index contributed by atoms with van der Waals surface area (Å²) in [7, 11) is -3.10. The number of rotatable bonds is 4. The third-order valence-corrected chi connectivity index (χ3v) is 6.75. The maximum Gasteiger partial charge on any atom is 0.211 e. The average Bonchev–Trinajstić information content (AvgIpc) is 2.41. The number of benzene rings is 1. The van der Waals surface area contributed by atoms with Crippen LogP contribution in [0.2, 0.25) is 5.02 Å². The van der Waals surface area contributed by atoms with Crippen molar-refractivity contribution in [2.75, 3.05) is 19.3 Å². The summed E-state index contributed by atoms with van der Waals surface area (Å²) in [5.41, 5.74) is 7.28. The second-order valence-electron chi connectivity index (χ2n) is 5.65. The summed E-state index contributed by atoms with van der Waals surface area (Å²) in [6.07, 6.45) is 3.98. The first-order valence-electron chi connectivity index (χ1n) is 6.93. The molecule has 1 aliphatic heterocycles. The van der Waals surface area contributed by atoms with E-state index < -0.39 is 10.0 Å². The zero-order valence-corrected chi connectivity index (χ0v) is 15.7. The van der Waals surface area contributed by atoms with Crippen molar-refractivity contribution in [3.05, 3.63) is 32.4 Å². The van der Waals surface area contributed by atoms with Gasteiger partial charge in [0.15, 0.2) is 0 Å². The highest BCUT2D eigenvalue weighted by Gasteiger charge is 2.27. The second-order valence-corrected chi connectivity index (χ2v) is 9.20. The molecule has 1 fully saturated rings. The summed E-state index contributed by atoms with van der Waals surface area (Å²) in [5, 5.41) is 0.713. The summed E-state index contributed by atoms with van der Waals surface area (Å²) in [5.74, 6) is 0.307. The fraction of sp³-hybridized carbons (Fsp3) is 0.571. The van der Waals surface area contributed by atoms with E-state index in [4.69, 9.17) is 17.3 Å². The molecule has 2 rings (SSSR count). The molecular formula is C14H20ClIN2O2S. The molecule has 7 heteroatoms. The third-order valence-electron chi connectivity index (χ3n) is 3.91. The van der Waals surface area contributed by atoms with E-state index in [-0.39, 0.29) is 6.04 Å². The Morgan fingerprint density at radius 1 is 1.52 bits per heavy atom. The second kappa shape index (κ2) is 7.12. The Bertz CT molecular complexity index is 609. The lowest BCUT2D eigenvalue weighted by molar-refractivity contribution is 0.247. The first-order chi connectivity index (χ1) is 9.77. The SMILES string of the molecule is CS(=O)(=O)N1CCCC(CC(N)c2ccc(I)c(Cl)c2)C1. The van der Waals surface area contributed by atoms with Gasteiger partial charge in [0.2, 0.25) is 10.0 Å². The minimum atomic E-state index is -3.10. The molecule has 1 saturated heterocycles. The normalized spacial score (nSPS) is 22.2. The molecule has 1 aliphatic rings. The number of hydrogen-bond donors (Lipinski definition) is 1. The molecule has 1 heterocycles. The summed E-state index contributed by atoms with van der Waals surface area (Å²) in [4.78, 5) is 0. The van der Waals surface area contributed by atoms with Crippen molar-refractivity contribution in [2.24, 2.45) is 11.7 Å². The van der Waals surface area contributed by atoms with Gasteiger partial charge < -0.3 is 5.73 Å². The predicted octanol–water partition coefficient (Wildman–Crippen LogP) is 3.01. The molecule has 2 N–H and O–H groups in total. The van der Waals surface area contributed by atoms with E-state index in [1.165, 1.54) is 6.26 Å². The Kier molecular flexibility index (Phi) is 5.92. The molecule has 2 atom stereocenters. The van der Waals surface area contributed by atoms with Gasteiger partial charge in [-0.15, -0.1) is 0 Å². The molecule has 0 aromatic heterocycles. The Balaban J connectivity index is 2.02. The van der Waals surface area contributed by atoms with Gasteiger partial charge in [-0.3, -0.25) is 0 Å². The number of sulfonamides is 1. The number of nitrogens with zero attached hydrogens (tertiary/aromatic N) is 1. The fourth-order valence-corrected chi connectivity index (χ4v) is 4.23. The van der Waals surface area contributed by atoms with E-state index in [2.05, 4.69) is 22.6 Å². The third kappa shape index (κ3) is 4.79. The van der Waals surface area contributed by atoms with Crippen molar-refractivity contribution >= 4 is 44.2 Å². The van der Waals surface area contributed by atoms with E-state index >= 15 is 0 Å². The lowest BCUT2D eigenvalue weighted by atomic mass is 9.90. The zero-order chi connectivity index (χ0) is 15.6. The van der Waals surface area contributed by atoms with Crippen LogP contribution in [0.5, 0.6) is 0 Å². The highest BCUT2D eigenvalue weighted by atomic mass is 127. The lowest BCUT2D eigenvalue weighted by Gasteiger charge is -2.32. The van der Waals surface area contributed by atoms with Crippen LogP contribution in [0, 0.1) is 9.49 Å². The zero-order valence-electron chi connectivity index (χ0n) is 11.9. The van der Waals surface area contributed by atoms with Crippen LogP contribution in [0.4, 0.5) is 0 Å². The first kappa shape index (κ1) is 17.5. The summed E-state index contributed by atoms with van der Waals surface area (Å²) in [6, 6.07) is 5.76. The van der Waals surface area contributed by atoms with Crippen LogP contribution in [0.1, 0.15) is 30.9 Å². The van der Waals surface area contributed by atoms with Gasteiger partial charge in [0.25, 0.3) is 0 Å². The quantitative estimate of drug-likeness (QED) is 0.729. The van der Waals surface area contributed by atoms with Crippen molar-refractivity contribution in [2.45, 2.75) is 25.3 Å². The van der Waals surface area contributed by atoms with Crippen molar-refractivity contribution in [3.63, 3.8) is 0 Å². The van der Waals surface area contributed by atoms with E-state index in [1.54, 1.807) is 4.31 Å². The minimum absolute atomic E-state index is 0.107. The van der Waals surface area contributed by atoms with Crippen LogP contribution in [0.25, 0.3) is 0 Å². The molecule has 2 unspecified atom stereocenters. The molecule has 21 heavy (non-hydrogen) atoms. The number of halogens is 2. The van der Waals surface area contributed by atoms with Crippen molar-refractivity contribution < 1.29 is 8.42 Å². The Hall–Kier alpha value is 0.110. The largest absolute Gasteiger partial charge is 0.324 e. The lowest BCUT2D eigenvalue weighted by Crippen LogP contribution is -2.40. The van der Waals surface area contributed by atoms with Gasteiger partial charge >= 0.3 is 0 Å². The molecule has 0 spiro atoms. The molecule has 1 aromatic carbocycles. The van der Waals surface area contributed by atoms with Gasteiger partial charge in [-0.05, 0) is 65.5 Å². The highest BCUT2D eigenvalue weighted by molar-refractivity contribution is 14.1. The van der Waals surface area contributed by atoms with Gasteiger partial charge in [-0.1, -0.05) is 17.7 Å². The highest BCUT2D eigenvalue weighted by Crippen LogP contribution is 2.29. The Morgan fingerprint density at radius 3 is 2.86 bits per heavy atom. The molecule has 0 aliphatic carbocycles. The summed E-state index contributed by atoms with van der Waals surface area (Å²) in [6.45, 7) is 1.20. The van der Waals surface area contributed by atoms with Crippen molar-refractivity contribution in [3.8, 4) is 0 Å². The fourth-order valence-electron chi connectivity index (χ4n) is 2.76. The Labute approximate surface area is 145 Å². The Morgan fingerprint density at radius 2 is 2.24 bits per heavy atom. The predicted molar refractivity (Wildman–Crippen MR) is 94.9 cm³/mol. The molecule has 118 valence electrons. The number of nitrogens with two attached hydrogens (primary N) is 1.